The topological polar surface area (TPSA) is 98.2 Å². The Bertz CT molecular complexity index is 667. The summed E-state index contributed by atoms with van der Waals surface area (Å²) in [5.41, 5.74) is 1.29. The molecule has 2 aromatic rings. The maximum Gasteiger partial charge on any atom is 0.407 e. The molecule has 1 aliphatic heterocycles. The Morgan fingerprint density at radius 2 is 2.19 bits per heavy atom. The van der Waals surface area contributed by atoms with Crippen molar-refractivity contribution in [3.63, 3.8) is 0 Å². The van der Waals surface area contributed by atoms with Crippen LogP contribution in [0, 0.1) is 0 Å². The average Bonchev–Trinajstić information content (AvgIpc) is 2.93. The molecule has 2 N–H and O–H groups in total. The van der Waals surface area contributed by atoms with Crippen LogP contribution in [0.15, 0.2) is 6.33 Å². The summed E-state index contributed by atoms with van der Waals surface area (Å²) in [4.78, 5) is 29.9. The minimum absolute atomic E-state index is 0.0355. The first-order valence-corrected chi connectivity index (χ1v) is 7.01. The number of anilines is 1. The molecule has 0 saturated carbocycles. The lowest BCUT2D eigenvalue weighted by Crippen LogP contribution is -2.45. The van der Waals surface area contributed by atoms with Gasteiger partial charge in [0.25, 0.3) is 0 Å². The third-order valence-corrected chi connectivity index (χ3v) is 4.02. The van der Waals surface area contributed by atoms with Crippen LogP contribution in [0.25, 0.3) is 11.2 Å². The Kier molecular flexibility index (Phi) is 3.54. The van der Waals surface area contributed by atoms with E-state index in [1.54, 1.807) is 13.4 Å². The van der Waals surface area contributed by atoms with Crippen molar-refractivity contribution >= 4 is 34.7 Å². The number of amides is 1. The number of imidazole rings is 1. The van der Waals surface area contributed by atoms with Gasteiger partial charge in [-0.1, -0.05) is 0 Å². The van der Waals surface area contributed by atoms with E-state index in [4.69, 9.17) is 16.7 Å². The molecule has 1 saturated heterocycles. The molecule has 0 unspecified atom stereocenters. The Morgan fingerprint density at radius 1 is 1.48 bits per heavy atom. The minimum Gasteiger partial charge on any atom is -0.465 e. The van der Waals surface area contributed by atoms with Gasteiger partial charge in [-0.2, -0.15) is 9.97 Å². The summed E-state index contributed by atoms with van der Waals surface area (Å²) in [6.45, 7) is 1.42. The number of halogens is 1. The number of aromatic amines is 1. The molecule has 21 heavy (non-hydrogen) atoms. The fraction of sp³-hybridized carbons (Fsp3) is 0.500. The molecule has 2 aromatic heterocycles. The smallest absolute Gasteiger partial charge is 0.407 e. The van der Waals surface area contributed by atoms with Gasteiger partial charge >= 0.3 is 6.09 Å². The highest BCUT2D eigenvalue weighted by molar-refractivity contribution is 6.28. The third-order valence-electron chi connectivity index (χ3n) is 3.85. The first kappa shape index (κ1) is 13.9. The molecule has 3 heterocycles. The number of rotatable bonds is 2. The number of H-pyrrole nitrogens is 1. The van der Waals surface area contributed by atoms with Gasteiger partial charge in [0.15, 0.2) is 11.5 Å². The van der Waals surface area contributed by atoms with Gasteiger partial charge < -0.3 is 19.9 Å². The van der Waals surface area contributed by atoms with E-state index in [1.165, 1.54) is 4.90 Å². The number of carbonyl (C=O) groups is 1. The van der Waals surface area contributed by atoms with Crippen molar-refractivity contribution in [2.24, 2.45) is 0 Å². The van der Waals surface area contributed by atoms with Crippen molar-refractivity contribution < 1.29 is 9.90 Å². The normalized spacial score (nSPS) is 16.4. The molecule has 0 bridgehead atoms. The summed E-state index contributed by atoms with van der Waals surface area (Å²) < 4.78 is 0. The number of nitrogens with zero attached hydrogens (tertiary/aromatic N) is 5. The maximum absolute atomic E-state index is 11.0. The highest BCUT2D eigenvalue weighted by atomic mass is 35.5. The monoisotopic (exact) mass is 310 g/mol. The standard InChI is InChI=1S/C12H15ClN6O2/c1-18(12(20)21)7-2-4-19(5-3-7)10-8-9(15-6-14-8)16-11(13)17-10/h6-7H,2-5H2,1H3,(H,20,21)(H,14,15,16,17). The first-order chi connectivity index (χ1) is 10.1. The predicted octanol–water partition coefficient (Wildman–Crippen LogP) is 1.58. The molecular weight excluding hydrogens is 296 g/mol. The van der Waals surface area contributed by atoms with Gasteiger partial charge in [-0.15, -0.1) is 0 Å². The Labute approximate surface area is 125 Å². The van der Waals surface area contributed by atoms with Crippen LogP contribution < -0.4 is 4.90 Å². The molecule has 9 heteroatoms. The van der Waals surface area contributed by atoms with E-state index in [0.717, 1.165) is 24.2 Å². The van der Waals surface area contributed by atoms with Gasteiger partial charge in [-0.25, -0.2) is 9.78 Å². The highest BCUT2D eigenvalue weighted by Crippen LogP contribution is 2.26. The lowest BCUT2D eigenvalue weighted by Gasteiger charge is -2.36. The molecule has 8 nitrogen and oxygen atoms in total. The second kappa shape index (κ2) is 5.36. The molecule has 1 aliphatic rings. The minimum atomic E-state index is -0.894. The fourth-order valence-electron chi connectivity index (χ4n) is 2.64. The second-order valence-electron chi connectivity index (χ2n) is 5.03. The lowest BCUT2D eigenvalue weighted by molar-refractivity contribution is 0.131. The zero-order chi connectivity index (χ0) is 15.0. The zero-order valence-corrected chi connectivity index (χ0v) is 12.2. The van der Waals surface area contributed by atoms with Crippen LogP contribution in [0.2, 0.25) is 5.28 Å². The van der Waals surface area contributed by atoms with Crippen LogP contribution in [0.4, 0.5) is 10.6 Å². The Balaban J connectivity index is 1.80. The summed E-state index contributed by atoms with van der Waals surface area (Å²) in [5, 5.41) is 9.19. The first-order valence-electron chi connectivity index (χ1n) is 6.63. The Hall–Kier alpha value is -2.09. The van der Waals surface area contributed by atoms with Crippen molar-refractivity contribution in [3.05, 3.63) is 11.6 Å². The number of hydrogen-bond donors (Lipinski definition) is 2. The van der Waals surface area contributed by atoms with Gasteiger partial charge in [0.1, 0.15) is 5.52 Å². The number of aromatic nitrogens is 4. The van der Waals surface area contributed by atoms with E-state index < -0.39 is 6.09 Å². The van der Waals surface area contributed by atoms with Crippen molar-refractivity contribution in [1.82, 2.24) is 24.8 Å². The zero-order valence-electron chi connectivity index (χ0n) is 11.5. The van der Waals surface area contributed by atoms with E-state index in [9.17, 15) is 4.79 Å². The highest BCUT2D eigenvalue weighted by Gasteiger charge is 2.27. The molecule has 0 atom stereocenters. The molecule has 0 spiro atoms. The number of hydrogen-bond acceptors (Lipinski definition) is 5. The van der Waals surface area contributed by atoms with Crippen LogP contribution in [0.5, 0.6) is 0 Å². The number of piperidine rings is 1. The number of carboxylic acid groups (broad SMARTS) is 1. The van der Waals surface area contributed by atoms with Crippen LogP contribution in [0.3, 0.4) is 0 Å². The van der Waals surface area contributed by atoms with Crippen molar-refractivity contribution in [2.75, 3.05) is 25.0 Å². The van der Waals surface area contributed by atoms with Crippen molar-refractivity contribution in [1.29, 1.82) is 0 Å². The van der Waals surface area contributed by atoms with Gasteiger partial charge in [0.2, 0.25) is 5.28 Å². The molecule has 0 aliphatic carbocycles. The molecule has 1 fully saturated rings. The summed E-state index contributed by atoms with van der Waals surface area (Å²) in [6.07, 6.45) is 2.17. The molecule has 0 radical (unpaired) electrons. The molecule has 0 aromatic carbocycles. The Morgan fingerprint density at radius 3 is 2.86 bits per heavy atom. The summed E-state index contributed by atoms with van der Waals surface area (Å²) in [6, 6.07) is 0.0355. The predicted molar refractivity (Wildman–Crippen MR) is 77.7 cm³/mol. The summed E-state index contributed by atoms with van der Waals surface area (Å²) >= 11 is 5.93. The molecule has 3 rings (SSSR count). The molecular formula is C12H15ClN6O2. The van der Waals surface area contributed by atoms with E-state index in [0.29, 0.717) is 18.7 Å². The quantitative estimate of drug-likeness (QED) is 0.817. The van der Waals surface area contributed by atoms with E-state index in [2.05, 4.69) is 24.8 Å². The van der Waals surface area contributed by atoms with E-state index in [1.807, 2.05) is 0 Å². The van der Waals surface area contributed by atoms with Gasteiger partial charge in [0.05, 0.1) is 6.33 Å². The average molecular weight is 311 g/mol. The van der Waals surface area contributed by atoms with Crippen LogP contribution >= 0.6 is 11.6 Å². The SMILES string of the molecule is CN(C(=O)O)C1CCN(c2nc(Cl)nc3nc[nH]c23)CC1. The van der Waals surface area contributed by atoms with Crippen molar-refractivity contribution in [2.45, 2.75) is 18.9 Å². The number of nitrogens with one attached hydrogen (secondary N) is 1. The van der Waals surface area contributed by atoms with Crippen LogP contribution in [0.1, 0.15) is 12.8 Å². The van der Waals surface area contributed by atoms with Crippen LogP contribution in [-0.2, 0) is 0 Å². The van der Waals surface area contributed by atoms with Crippen LogP contribution in [-0.4, -0.2) is 62.2 Å². The van der Waals surface area contributed by atoms with Gasteiger partial charge in [-0.3, -0.25) is 0 Å². The maximum atomic E-state index is 11.0. The number of fused-ring (bicyclic) bond motifs is 1. The van der Waals surface area contributed by atoms with E-state index >= 15 is 0 Å². The van der Waals surface area contributed by atoms with Gasteiger partial charge in [0, 0.05) is 26.2 Å². The molecule has 1 amide bonds. The van der Waals surface area contributed by atoms with Gasteiger partial charge in [-0.05, 0) is 24.4 Å². The fourth-order valence-corrected chi connectivity index (χ4v) is 2.80. The summed E-state index contributed by atoms with van der Waals surface area (Å²) in [5.74, 6) is 0.721. The van der Waals surface area contributed by atoms with Crippen molar-refractivity contribution in [3.8, 4) is 0 Å². The lowest BCUT2D eigenvalue weighted by atomic mass is 10.0. The second-order valence-corrected chi connectivity index (χ2v) is 5.37. The third kappa shape index (κ3) is 2.58. The molecule has 112 valence electrons. The summed E-state index contributed by atoms with van der Waals surface area (Å²) in [7, 11) is 1.61. The largest absolute Gasteiger partial charge is 0.465 e. The van der Waals surface area contributed by atoms with E-state index in [-0.39, 0.29) is 11.3 Å².